The molecule has 0 heterocycles. The van der Waals surface area contributed by atoms with Gasteiger partial charge in [0.1, 0.15) is 12.4 Å². The van der Waals surface area contributed by atoms with E-state index in [4.69, 9.17) is 30.1 Å². The SMILES string of the molecule is C#CCOc1ccc(C(=O)OCC2C[C@@H]3C4CC(CC4COC(=O)CCCCCCCCC4C(CCCCCCCC)CCC(CCCCCC)C4CCCCCCCCC(=O)OCC4C[C@@H]5C6CC(CC6COC(=O)C(=C)C)[C@@H]5C4)[C@@H]3C2)cc1. The molecule has 0 aliphatic heterocycles. The molecule has 12 unspecified atom stereocenters. The van der Waals surface area contributed by atoms with Gasteiger partial charge in [0.15, 0.2) is 0 Å². The molecule has 1 aromatic rings. The number of esters is 4. The van der Waals surface area contributed by atoms with Crippen LogP contribution in [-0.4, -0.2) is 56.9 Å². The van der Waals surface area contributed by atoms with E-state index in [-0.39, 0.29) is 30.5 Å². The van der Waals surface area contributed by atoms with Gasteiger partial charge in [0.2, 0.25) is 0 Å². The molecule has 0 radical (unpaired) electrons. The molecule has 9 nitrogen and oxygen atoms in total. The van der Waals surface area contributed by atoms with E-state index in [0.717, 1.165) is 92.3 Å². The van der Waals surface area contributed by atoms with Gasteiger partial charge in [-0.3, -0.25) is 9.59 Å². The van der Waals surface area contributed by atoms with Crippen molar-refractivity contribution in [3.05, 3.63) is 42.0 Å². The molecule has 16 atom stereocenters. The fraction of sp³-hybridized carbons (Fsp3) is 0.816. The molecule has 85 heavy (non-hydrogen) atoms. The van der Waals surface area contributed by atoms with Crippen LogP contribution in [0.25, 0.3) is 0 Å². The highest BCUT2D eigenvalue weighted by Crippen LogP contribution is 2.63. The highest BCUT2D eigenvalue weighted by atomic mass is 16.5. The van der Waals surface area contributed by atoms with Crippen molar-refractivity contribution in [1.82, 2.24) is 0 Å². The van der Waals surface area contributed by atoms with E-state index < -0.39 is 0 Å². The number of fused-ring (bicyclic) bond motifs is 10. The Bertz CT molecular complexity index is 2210. The van der Waals surface area contributed by atoms with E-state index in [1.807, 2.05) is 0 Å². The summed E-state index contributed by atoms with van der Waals surface area (Å²) in [5.41, 5.74) is 1.01. The van der Waals surface area contributed by atoms with Crippen molar-refractivity contribution >= 4 is 23.9 Å². The zero-order chi connectivity index (χ0) is 59.8. The van der Waals surface area contributed by atoms with E-state index in [1.54, 1.807) is 31.2 Å². The Labute approximate surface area is 516 Å². The number of benzene rings is 1. The molecule has 7 fully saturated rings. The van der Waals surface area contributed by atoms with Crippen LogP contribution in [-0.2, 0) is 33.3 Å². The first-order valence-electron chi connectivity index (χ1n) is 36.0. The molecule has 7 saturated carbocycles. The molecule has 4 bridgehead atoms. The van der Waals surface area contributed by atoms with Crippen LogP contribution in [0.1, 0.15) is 275 Å². The average molecular weight is 1180 g/mol. The predicted octanol–water partition coefficient (Wildman–Crippen LogP) is 18.9. The fourth-order valence-corrected chi connectivity index (χ4v) is 19.2. The number of carbonyl (C=O) groups is 4. The van der Waals surface area contributed by atoms with Crippen LogP contribution < -0.4 is 4.74 Å². The van der Waals surface area contributed by atoms with Crippen molar-refractivity contribution in [2.24, 2.45) is 94.7 Å². The van der Waals surface area contributed by atoms with Gasteiger partial charge in [0, 0.05) is 18.4 Å². The zero-order valence-corrected chi connectivity index (χ0v) is 53.9. The van der Waals surface area contributed by atoms with Gasteiger partial charge < -0.3 is 23.7 Å². The standard InChI is InChI=1S/C76H118O9/c1-6-9-11-13-18-24-30-58-36-35-57(29-23-12-10-7-2)65(31-25-19-14-16-21-27-33-73(77)82-50-55-42-67-61-47-63(53-85-75(79)54(4)5)70(49-61)71(67)44-55)66(58)32-26-20-15-17-22-28-34-74(78)83-52-62-46-60-48-69(62)72-45-56(43-68(60)72)51-84-76(80)59-37-39-64(40-38-59)81-41-8-3/h3,37-40,55-58,60-63,65-72H,4,6-7,9-36,41-53H2,1-2,5H3/t55?,56?,57?,58?,60?,61?,62?,63?,65?,66?,67-,68-,69?,70?,71-,72-/m0/s1. The van der Waals surface area contributed by atoms with Gasteiger partial charge >= 0.3 is 23.9 Å². The Balaban J connectivity index is 0.690. The third kappa shape index (κ3) is 20.4. The van der Waals surface area contributed by atoms with E-state index in [0.29, 0.717) is 103 Å². The molecule has 0 N–H and O–H groups in total. The largest absolute Gasteiger partial charge is 0.481 e. The summed E-state index contributed by atoms with van der Waals surface area (Å²) in [6.45, 7) is 12.5. The van der Waals surface area contributed by atoms with Crippen LogP contribution in [0.15, 0.2) is 36.4 Å². The van der Waals surface area contributed by atoms with Crippen LogP contribution in [0.2, 0.25) is 0 Å². The lowest BCUT2D eigenvalue weighted by Crippen LogP contribution is -2.35. The maximum absolute atomic E-state index is 13.1. The lowest BCUT2D eigenvalue weighted by atomic mass is 9.61. The van der Waals surface area contributed by atoms with Crippen molar-refractivity contribution in [3.63, 3.8) is 0 Å². The van der Waals surface area contributed by atoms with Crippen molar-refractivity contribution in [1.29, 1.82) is 0 Å². The summed E-state index contributed by atoms with van der Waals surface area (Å²) < 4.78 is 28.8. The number of hydrogen-bond acceptors (Lipinski definition) is 9. The molecule has 0 amide bonds. The Morgan fingerprint density at radius 1 is 0.471 bits per heavy atom. The number of terminal acetylenes is 1. The third-order valence-electron chi connectivity index (χ3n) is 23.3. The maximum atomic E-state index is 13.1. The second-order valence-electron chi connectivity index (χ2n) is 29.2. The smallest absolute Gasteiger partial charge is 0.338 e. The summed E-state index contributed by atoms with van der Waals surface area (Å²) in [6.07, 6.45) is 52.8. The number of unbranched alkanes of at least 4 members (excludes halogenated alkanes) is 18. The minimum Gasteiger partial charge on any atom is -0.481 e. The van der Waals surface area contributed by atoms with E-state index in [1.165, 1.54) is 186 Å². The molecule has 7 aliphatic carbocycles. The zero-order valence-electron chi connectivity index (χ0n) is 53.9. The number of hydrogen-bond donors (Lipinski definition) is 0. The Morgan fingerprint density at radius 2 is 0.894 bits per heavy atom. The summed E-state index contributed by atoms with van der Waals surface area (Å²) in [5, 5.41) is 0. The van der Waals surface area contributed by atoms with Crippen molar-refractivity contribution in [2.45, 2.75) is 265 Å². The first-order valence-corrected chi connectivity index (χ1v) is 36.0. The molecule has 0 spiro atoms. The summed E-state index contributed by atoms with van der Waals surface area (Å²) in [4.78, 5) is 50.8. The third-order valence-corrected chi connectivity index (χ3v) is 23.3. The molecular formula is C76H118O9. The van der Waals surface area contributed by atoms with Gasteiger partial charge in [0.25, 0.3) is 0 Å². The Morgan fingerprint density at radius 3 is 1.39 bits per heavy atom. The number of rotatable bonds is 42. The summed E-state index contributed by atoms with van der Waals surface area (Å²) in [6, 6.07) is 6.99. The highest BCUT2D eigenvalue weighted by Gasteiger charge is 2.57. The first-order chi connectivity index (χ1) is 41.5. The van der Waals surface area contributed by atoms with Gasteiger partial charge in [-0.05, 0) is 216 Å². The summed E-state index contributed by atoms with van der Waals surface area (Å²) >= 11 is 0. The van der Waals surface area contributed by atoms with Crippen LogP contribution in [0.3, 0.4) is 0 Å². The second-order valence-corrected chi connectivity index (χ2v) is 29.2. The van der Waals surface area contributed by atoms with E-state index in [9.17, 15) is 19.2 Å². The lowest BCUT2D eigenvalue weighted by Gasteiger charge is -2.44. The minimum absolute atomic E-state index is 0.000590. The van der Waals surface area contributed by atoms with Crippen LogP contribution >= 0.6 is 0 Å². The minimum atomic E-state index is -0.284. The Hall–Kier alpha value is -3.80. The molecule has 7 aliphatic rings. The monoisotopic (exact) mass is 1170 g/mol. The summed E-state index contributed by atoms with van der Waals surface area (Å²) in [5.74, 6) is 13.6. The molecule has 9 heteroatoms. The molecule has 476 valence electrons. The first kappa shape index (κ1) is 67.1. The fourth-order valence-electron chi connectivity index (χ4n) is 19.2. The van der Waals surface area contributed by atoms with Gasteiger partial charge in [0.05, 0.1) is 32.0 Å². The highest BCUT2D eigenvalue weighted by molar-refractivity contribution is 5.89. The lowest BCUT2D eigenvalue weighted by molar-refractivity contribution is -0.146. The van der Waals surface area contributed by atoms with Gasteiger partial charge in [-0.15, -0.1) is 6.42 Å². The van der Waals surface area contributed by atoms with Crippen LogP contribution in [0, 0.1) is 107 Å². The van der Waals surface area contributed by atoms with Gasteiger partial charge in [-0.25, -0.2) is 9.59 Å². The molecule has 0 aromatic heterocycles. The molecule has 0 saturated heterocycles. The Kier molecular flexibility index (Phi) is 28.4. The van der Waals surface area contributed by atoms with Crippen LogP contribution in [0.4, 0.5) is 0 Å². The van der Waals surface area contributed by atoms with Crippen molar-refractivity contribution in [2.75, 3.05) is 33.0 Å². The van der Waals surface area contributed by atoms with E-state index >= 15 is 0 Å². The van der Waals surface area contributed by atoms with Gasteiger partial charge in [-0.1, -0.05) is 168 Å². The molecular weight excluding hydrogens is 1060 g/mol. The predicted molar refractivity (Wildman–Crippen MR) is 341 cm³/mol. The molecule has 1 aromatic carbocycles. The van der Waals surface area contributed by atoms with Gasteiger partial charge in [-0.2, -0.15) is 0 Å². The second kappa shape index (κ2) is 36.0. The average Bonchev–Trinajstić information content (AvgIpc) is 1.80. The van der Waals surface area contributed by atoms with Crippen molar-refractivity contribution in [3.8, 4) is 18.1 Å². The van der Waals surface area contributed by atoms with E-state index in [2.05, 4.69) is 26.3 Å². The number of ether oxygens (including phenoxy) is 5. The van der Waals surface area contributed by atoms with Crippen LogP contribution in [0.5, 0.6) is 5.75 Å². The summed E-state index contributed by atoms with van der Waals surface area (Å²) in [7, 11) is 0. The quantitative estimate of drug-likeness (QED) is 0.0207. The maximum Gasteiger partial charge on any atom is 0.338 e. The number of carbonyl (C=O) groups excluding carboxylic acids is 4. The van der Waals surface area contributed by atoms with Crippen molar-refractivity contribution < 1.29 is 42.9 Å². The topological polar surface area (TPSA) is 114 Å². The normalized spacial score (nSPS) is 30.4. The molecule has 8 rings (SSSR count).